The van der Waals surface area contributed by atoms with Crippen LogP contribution in [0.4, 0.5) is 33.6 Å². The minimum atomic E-state index is -5.69. The molecule has 3 N–H and O–H groups in total. The van der Waals surface area contributed by atoms with Crippen LogP contribution in [0.25, 0.3) is 17.2 Å². The number of hydrogen-bond acceptors (Lipinski definition) is 9. The topological polar surface area (TPSA) is 137 Å². The largest absolute Gasteiger partial charge is 0.453 e. The molecule has 39 heavy (non-hydrogen) atoms. The van der Waals surface area contributed by atoms with Gasteiger partial charge in [-0.2, -0.15) is 22.0 Å². The number of nitrogen functional groups attached to an aromatic ring is 1. The average molecular weight is 566 g/mol. The minimum absolute atomic E-state index is 0.00572. The Balaban J connectivity index is 1.43. The van der Waals surface area contributed by atoms with E-state index in [0.29, 0.717) is 17.0 Å². The monoisotopic (exact) mass is 565 g/mol. The number of halogens is 5. The summed E-state index contributed by atoms with van der Waals surface area (Å²) in [5, 5.41) is 12.6. The second-order valence-electron chi connectivity index (χ2n) is 9.48. The number of anilines is 2. The van der Waals surface area contributed by atoms with Crippen LogP contribution < -0.4 is 11.1 Å². The van der Waals surface area contributed by atoms with Crippen LogP contribution in [0.15, 0.2) is 18.6 Å². The number of aromatic nitrogens is 7. The fourth-order valence-electron chi connectivity index (χ4n) is 4.92. The van der Waals surface area contributed by atoms with Gasteiger partial charge >= 0.3 is 12.1 Å². The highest BCUT2D eigenvalue weighted by Gasteiger charge is 2.61. The third-order valence-corrected chi connectivity index (χ3v) is 8.18. The second-order valence-corrected chi connectivity index (χ2v) is 10.5. The highest BCUT2D eigenvalue weighted by molar-refractivity contribution is 7.11. The van der Waals surface area contributed by atoms with E-state index in [1.165, 1.54) is 34.3 Å². The van der Waals surface area contributed by atoms with E-state index in [1.807, 2.05) is 6.92 Å². The van der Waals surface area contributed by atoms with Crippen molar-refractivity contribution in [2.45, 2.75) is 56.5 Å². The summed E-state index contributed by atoms with van der Waals surface area (Å²) in [5.74, 6) is -5.17. The number of imidazole rings is 1. The van der Waals surface area contributed by atoms with Gasteiger partial charge in [-0.05, 0) is 31.6 Å². The van der Waals surface area contributed by atoms with Crippen LogP contribution >= 0.6 is 11.3 Å². The van der Waals surface area contributed by atoms with Crippen molar-refractivity contribution in [1.82, 2.24) is 34.5 Å². The van der Waals surface area contributed by atoms with Gasteiger partial charge in [0, 0.05) is 25.0 Å². The molecule has 1 fully saturated rings. The second kappa shape index (κ2) is 8.59. The number of carbonyl (C=O) groups excluding carboxylic acids is 1. The highest BCUT2D eigenvalue weighted by Crippen LogP contribution is 2.58. The van der Waals surface area contributed by atoms with Crippen molar-refractivity contribution in [3.63, 3.8) is 0 Å². The zero-order valence-corrected chi connectivity index (χ0v) is 21.1. The fourth-order valence-corrected chi connectivity index (χ4v) is 5.97. The van der Waals surface area contributed by atoms with E-state index < -0.39 is 30.4 Å². The molecule has 1 aliphatic carbocycles. The molecule has 0 bridgehead atoms. The maximum Gasteiger partial charge on any atom is 0.453 e. The van der Waals surface area contributed by atoms with Gasteiger partial charge < -0.3 is 15.5 Å². The van der Waals surface area contributed by atoms with Crippen molar-refractivity contribution in [1.29, 1.82) is 0 Å². The van der Waals surface area contributed by atoms with E-state index in [1.54, 1.807) is 0 Å². The third-order valence-electron chi connectivity index (χ3n) is 6.98. The Morgan fingerprint density at radius 1 is 1.18 bits per heavy atom. The summed E-state index contributed by atoms with van der Waals surface area (Å²) < 4.78 is 66.9. The summed E-state index contributed by atoms with van der Waals surface area (Å²) in [4.78, 5) is 30.7. The zero-order valence-electron chi connectivity index (χ0n) is 20.3. The van der Waals surface area contributed by atoms with Gasteiger partial charge in [0.1, 0.15) is 32.8 Å². The standard InChI is InChI=1S/C23H20F5N9OS/c1-2-13-35-36-20(39-13)22(10-3-4-10)14-15(29)32-16(33-17(14)34-19(22)38)12-9-37-8-7-30-18(37)11(31-12)5-6-21(24,25)23(26,27)28/h7-10H,2-6H2,1H3,(H3,29,32,33,34,38). The highest BCUT2D eigenvalue weighted by atomic mass is 32.1. The van der Waals surface area contributed by atoms with Crippen LogP contribution in [0.1, 0.15) is 47.5 Å². The van der Waals surface area contributed by atoms with Gasteiger partial charge in [0.25, 0.3) is 0 Å². The molecule has 1 aliphatic heterocycles. The van der Waals surface area contributed by atoms with Crippen LogP contribution in [0.2, 0.25) is 0 Å². The molecule has 2 aliphatic rings. The van der Waals surface area contributed by atoms with E-state index in [4.69, 9.17) is 5.73 Å². The number of amides is 1. The summed E-state index contributed by atoms with van der Waals surface area (Å²) in [6, 6.07) is 0. The SMILES string of the molecule is CCc1nnc(C2(C3CC3)C(=O)Nc3nc(-c4cn5ccnc5c(CCC(F)(F)C(F)(F)F)n4)nc(N)c32)s1. The van der Waals surface area contributed by atoms with Crippen molar-refractivity contribution in [3.8, 4) is 11.5 Å². The molecular weight excluding hydrogens is 545 g/mol. The van der Waals surface area contributed by atoms with Gasteiger partial charge in [0.05, 0.1) is 11.3 Å². The van der Waals surface area contributed by atoms with E-state index in [0.717, 1.165) is 17.8 Å². The lowest BCUT2D eigenvalue weighted by atomic mass is 9.78. The quantitative estimate of drug-likeness (QED) is 0.322. The smallest absolute Gasteiger partial charge is 0.383 e. The molecule has 1 atom stereocenters. The number of nitrogens with one attached hydrogen (secondary N) is 1. The Kier molecular flexibility index (Phi) is 5.61. The lowest BCUT2D eigenvalue weighted by Gasteiger charge is -2.24. The van der Waals surface area contributed by atoms with E-state index in [-0.39, 0.29) is 46.3 Å². The summed E-state index contributed by atoms with van der Waals surface area (Å²) in [6.45, 7) is 1.93. The summed E-state index contributed by atoms with van der Waals surface area (Å²) in [6.07, 6.45) is -1.39. The maximum absolute atomic E-state index is 13.6. The molecule has 6 rings (SSSR count). The molecule has 5 heterocycles. The molecule has 1 unspecified atom stereocenters. The van der Waals surface area contributed by atoms with Gasteiger partial charge in [-0.1, -0.05) is 6.92 Å². The Hall–Kier alpha value is -3.82. The molecule has 16 heteroatoms. The van der Waals surface area contributed by atoms with E-state index in [2.05, 4.69) is 35.5 Å². The molecule has 4 aromatic rings. The first-order valence-electron chi connectivity index (χ1n) is 12.1. The van der Waals surface area contributed by atoms with E-state index >= 15 is 0 Å². The first kappa shape index (κ1) is 25.5. The van der Waals surface area contributed by atoms with Gasteiger partial charge in [-0.15, -0.1) is 21.5 Å². The lowest BCUT2D eigenvalue weighted by Crippen LogP contribution is -2.38. The Morgan fingerprint density at radius 3 is 2.62 bits per heavy atom. The normalized spacial score (nSPS) is 19.5. The predicted octanol–water partition coefficient (Wildman–Crippen LogP) is 3.96. The summed E-state index contributed by atoms with van der Waals surface area (Å²) in [7, 11) is 0. The van der Waals surface area contributed by atoms with Gasteiger partial charge in [0.15, 0.2) is 11.5 Å². The fraction of sp³-hybridized carbons (Fsp3) is 0.435. The van der Waals surface area contributed by atoms with Crippen LogP contribution in [0.5, 0.6) is 0 Å². The number of nitrogens with zero attached hydrogens (tertiary/aromatic N) is 7. The molecular formula is C23H20F5N9OS. The van der Waals surface area contributed by atoms with Gasteiger partial charge in [-0.25, -0.2) is 19.9 Å². The molecule has 0 radical (unpaired) electrons. The van der Waals surface area contributed by atoms with E-state index in [9.17, 15) is 26.7 Å². The first-order chi connectivity index (χ1) is 18.5. The maximum atomic E-state index is 13.6. The summed E-state index contributed by atoms with van der Waals surface area (Å²) in [5.41, 5.74) is 5.72. The third kappa shape index (κ3) is 3.91. The van der Waals surface area contributed by atoms with Crippen LogP contribution in [0, 0.1) is 5.92 Å². The van der Waals surface area contributed by atoms with Crippen molar-refractivity contribution < 1.29 is 26.7 Å². The lowest BCUT2D eigenvalue weighted by molar-refractivity contribution is -0.284. The Labute approximate surface area is 220 Å². The van der Waals surface area contributed by atoms with Crippen LogP contribution in [-0.2, 0) is 23.1 Å². The Morgan fingerprint density at radius 2 is 1.95 bits per heavy atom. The number of aryl methyl sites for hydroxylation is 2. The number of hydrogen-bond donors (Lipinski definition) is 2. The molecule has 10 nitrogen and oxygen atoms in total. The number of alkyl halides is 5. The van der Waals surface area contributed by atoms with Gasteiger partial charge in [-0.3, -0.25) is 4.79 Å². The first-order valence-corrected chi connectivity index (χ1v) is 12.9. The molecule has 1 amide bonds. The van der Waals surface area contributed by atoms with Gasteiger partial charge in [0.2, 0.25) is 5.91 Å². The Bertz CT molecular complexity index is 1610. The van der Waals surface area contributed by atoms with Crippen molar-refractivity contribution in [2.24, 2.45) is 5.92 Å². The number of carbonyl (C=O) groups is 1. The minimum Gasteiger partial charge on any atom is -0.383 e. The summed E-state index contributed by atoms with van der Waals surface area (Å²) >= 11 is 1.33. The molecule has 4 aromatic heterocycles. The van der Waals surface area contributed by atoms with Crippen molar-refractivity contribution in [3.05, 3.63) is 39.9 Å². The molecule has 204 valence electrons. The van der Waals surface area contributed by atoms with Crippen LogP contribution in [-0.4, -0.2) is 52.5 Å². The number of rotatable bonds is 7. The van der Waals surface area contributed by atoms with Crippen molar-refractivity contribution in [2.75, 3.05) is 11.1 Å². The average Bonchev–Trinajstić information content (AvgIpc) is 3.29. The molecule has 0 aromatic carbocycles. The molecule has 1 saturated carbocycles. The number of fused-ring (bicyclic) bond motifs is 2. The predicted molar refractivity (Wildman–Crippen MR) is 129 cm³/mol. The van der Waals surface area contributed by atoms with Crippen molar-refractivity contribution >= 4 is 34.5 Å². The zero-order chi connectivity index (χ0) is 27.7. The molecule has 0 spiro atoms. The molecule has 0 saturated heterocycles. The number of nitrogens with two attached hydrogens (primary N) is 1. The van der Waals surface area contributed by atoms with Crippen LogP contribution in [0.3, 0.4) is 0 Å².